The lowest BCUT2D eigenvalue weighted by atomic mass is 10.1. The molecule has 0 bridgehead atoms. The molecule has 1 aromatic heterocycles. The molecule has 2 rings (SSSR count). The zero-order valence-electron chi connectivity index (χ0n) is 9.86. The third kappa shape index (κ3) is 2.04. The van der Waals surface area contributed by atoms with Crippen LogP contribution in [-0.4, -0.2) is 17.9 Å². The van der Waals surface area contributed by atoms with Crippen LogP contribution in [0.2, 0.25) is 0 Å². The lowest BCUT2D eigenvalue weighted by molar-refractivity contribution is 0.0989. The molecule has 0 amide bonds. The molecule has 0 unspecified atom stereocenters. The lowest BCUT2D eigenvalue weighted by Crippen LogP contribution is -1.94. The summed E-state index contributed by atoms with van der Waals surface area (Å²) in [5, 5.41) is 0. The number of oxazole rings is 1. The van der Waals surface area contributed by atoms with Crippen molar-refractivity contribution in [3.05, 3.63) is 29.8 Å². The third-order valence-electron chi connectivity index (χ3n) is 2.39. The number of methoxy groups -OCH3 is 1. The monoisotopic (exact) mass is 250 g/mol. The first-order valence-corrected chi connectivity index (χ1v) is 5.14. The molecule has 0 aliphatic heterocycles. The maximum Gasteiger partial charge on any atom is 0.293 e. The quantitative estimate of drug-likeness (QED) is 0.845. The first-order chi connectivity index (χ1) is 8.52. The maximum atomic E-state index is 13.6. The summed E-state index contributed by atoms with van der Waals surface area (Å²) in [6.07, 6.45) is 0. The summed E-state index contributed by atoms with van der Waals surface area (Å²) in [6, 6.07) is 4.10. The SMILES string of the molecule is COc1ccc(-c2nc(N)oc2C(C)=O)cc1F. The van der Waals surface area contributed by atoms with Crippen LogP contribution in [0.15, 0.2) is 22.6 Å². The molecule has 0 spiro atoms. The van der Waals surface area contributed by atoms with Crippen LogP contribution >= 0.6 is 0 Å². The topological polar surface area (TPSA) is 78.3 Å². The molecule has 0 atom stereocenters. The second-order valence-electron chi connectivity index (χ2n) is 3.64. The Bertz CT molecular complexity index is 607. The van der Waals surface area contributed by atoms with Gasteiger partial charge in [0.05, 0.1) is 7.11 Å². The number of benzene rings is 1. The predicted octanol–water partition coefficient (Wildman–Crippen LogP) is 2.27. The number of nitrogen functional groups attached to an aromatic ring is 1. The van der Waals surface area contributed by atoms with Crippen LogP contribution in [0.5, 0.6) is 5.75 Å². The van der Waals surface area contributed by atoms with Gasteiger partial charge in [0.25, 0.3) is 6.01 Å². The van der Waals surface area contributed by atoms with E-state index in [1.807, 2.05) is 0 Å². The maximum absolute atomic E-state index is 13.6. The minimum atomic E-state index is -0.550. The minimum absolute atomic E-state index is 0.0112. The number of hydrogen-bond acceptors (Lipinski definition) is 5. The van der Waals surface area contributed by atoms with Crippen molar-refractivity contribution in [1.82, 2.24) is 4.98 Å². The number of nitrogens with zero attached hydrogens (tertiary/aromatic N) is 1. The first-order valence-electron chi connectivity index (χ1n) is 5.14. The fraction of sp³-hybridized carbons (Fsp3) is 0.167. The van der Waals surface area contributed by atoms with E-state index >= 15 is 0 Å². The Labute approximate surface area is 102 Å². The van der Waals surface area contributed by atoms with Gasteiger partial charge in [-0.2, -0.15) is 4.98 Å². The number of carbonyl (C=O) groups excluding carboxylic acids is 1. The standard InChI is InChI=1S/C12H11FN2O3/c1-6(16)11-10(15-12(14)18-11)7-3-4-9(17-2)8(13)5-7/h3-5H,1-2H3,(H2,14,15). The van der Waals surface area contributed by atoms with Crippen LogP contribution in [0.25, 0.3) is 11.3 Å². The zero-order valence-corrected chi connectivity index (χ0v) is 9.86. The summed E-state index contributed by atoms with van der Waals surface area (Å²) in [5.74, 6) is -0.756. The molecule has 18 heavy (non-hydrogen) atoms. The van der Waals surface area contributed by atoms with Gasteiger partial charge < -0.3 is 14.9 Å². The fourth-order valence-corrected chi connectivity index (χ4v) is 1.58. The average molecular weight is 250 g/mol. The number of ketones is 1. The molecule has 6 heteroatoms. The summed E-state index contributed by atoms with van der Waals surface area (Å²) in [5.41, 5.74) is 6.03. The van der Waals surface area contributed by atoms with E-state index in [9.17, 15) is 9.18 Å². The van der Waals surface area contributed by atoms with Crippen molar-refractivity contribution in [3.63, 3.8) is 0 Å². The van der Waals surface area contributed by atoms with Crippen LogP contribution < -0.4 is 10.5 Å². The largest absolute Gasteiger partial charge is 0.494 e. The van der Waals surface area contributed by atoms with Crippen LogP contribution in [0.4, 0.5) is 10.4 Å². The highest BCUT2D eigenvalue weighted by Gasteiger charge is 2.18. The highest BCUT2D eigenvalue weighted by Crippen LogP contribution is 2.28. The second-order valence-corrected chi connectivity index (χ2v) is 3.64. The van der Waals surface area contributed by atoms with E-state index in [0.29, 0.717) is 5.56 Å². The Morgan fingerprint density at radius 1 is 1.50 bits per heavy atom. The highest BCUT2D eigenvalue weighted by atomic mass is 19.1. The van der Waals surface area contributed by atoms with Gasteiger partial charge in [-0.25, -0.2) is 4.39 Å². The van der Waals surface area contributed by atoms with Gasteiger partial charge in [-0.1, -0.05) is 0 Å². The number of anilines is 1. The zero-order chi connectivity index (χ0) is 13.3. The molecule has 1 heterocycles. The van der Waals surface area contributed by atoms with Gasteiger partial charge in [-0.05, 0) is 18.2 Å². The third-order valence-corrected chi connectivity index (χ3v) is 2.39. The summed E-state index contributed by atoms with van der Waals surface area (Å²) in [7, 11) is 1.37. The normalized spacial score (nSPS) is 10.4. The van der Waals surface area contributed by atoms with Gasteiger partial charge in [0.2, 0.25) is 0 Å². The van der Waals surface area contributed by atoms with E-state index in [1.165, 1.54) is 26.2 Å². The van der Waals surface area contributed by atoms with Gasteiger partial charge in [-0.3, -0.25) is 4.79 Å². The summed E-state index contributed by atoms with van der Waals surface area (Å²) >= 11 is 0. The van der Waals surface area contributed by atoms with Gasteiger partial charge in [0, 0.05) is 12.5 Å². The van der Waals surface area contributed by atoms with E-state index in [1.54, 1.807) is 6.07 Å². The van der Waals surface area contributed by atoms with Crippen LogP contribution in [0, 0.1) is 5.82 Å². The molecule has 0 saturated carbocycles. The molecule has 2 aromatic rings. The van der Waals surface area contributed by atoms with Gasteiger partial charge in [0.15, 0.2) is 23.1 Å². The Morgan fingerprint density at radius 2 is 2.22 bits per heavy atom. The van der Waals surface area contributed by atoms with Crippen LogP contribution in [0.3, 0.4) is 0 Å². The number of ether oxygens (including phenoxy) is 1. The summed E-state index contributed by atoms with van der Waals surface area (Å²) in [6.45, 7) is 1.32. The fourth-order valence-electron chi connectivity index (χ4n) is 1.58. The summed E-state index contributed by atoms with van der Waals surface area (Å²) in [4.78, 5) is 15.2. The second kappa shape index (κ2) is 4.48. The van der Waals surface area contributed by atoms with E-state index in [4.69, 9.17) is 14.9 Å². The molecule has 2 N–H and O–H groups in total. The van der Waals surface area contributed by atoms with Crippen molar-refractivity contribution in [2.75, 3.05) is 12.8 Å². The van der Waals surface area contributed by atoms with Gasteiger partial charge in [-0.15, -0.1) is 0 Å². The molecular weight excluding hydrogens is 239 g/mol. The lowest BCUT2D eigenvalue weighted by Gasteiger charge is -2.03. The number of rotatable bonds is 3. The molecule has 0 fully saturated rings. The molecule has 94 valence electrons. The van der Waals surface area contributed by atoms with Crippen molar-refractivity contribution < 1.29 is 18.3 Å². The number of Topliss-reactive ketones (excluding diaryl/α,β-unsaturated/α-hetero) is 1. The van der Waals surface area contributed by atoms with Crippen molar-refractivity contribution in [1.29, 1.82) is 0 Å². The molecule has 0 radical (unpaired) electrons. The number of halogens is 1. The van der Waals surface area contributed by atoms with Crippen molar-refractivity contribution >= 4 is 11.8 Å². The van der Waals surface area contributed by atoms with Gasteiger partial charge in [0.1, 0.15) is 5.69 Å². The number of nitrogens with two attached hydrogens (primary N) is 1. The minimum Gasteiger partial charge on any atom is -0.494 e. The Morgan fingerprint density at radius 3 is 2.78 bits per heavy atom. The van der Waals surface area contributed by atoms with E-state index in [-0.39, 0.29) is 29.0 Å². The number of hydrogen-bond donors (Lipinski definition) is 1. The molecule has 0 aliphatic carbocycles. The van der Waals surface area contributed by atoms with Crippen molar-refractivity contribution in [2.45, 2.75) is 6.92 Å². The Kier molecular flexibility index (Phi) is 3.01. The molecule has 1 aromatic carbocycles. The predicted molar refractivity (Wildman–Crippen MR) is 62.9 cm³/mol. The van der Waals surface area contributed by atoms with Crippen LogP contribution in [-0.2, 0) is 0 Å². The molecule has 0 aliphatic rings. The summed E-state index contributed by atoms with van der Waals surface area (Å²) < 4.78 is 23.4. The first kappa shape index (κ1) is 12.1. The molecule has 5 nitrogen and oxygen atoms in total. The van der Waals surface area contributed by atoms with E-state index in [2.05, 4.69) is 4.98 Å². The van der Waals surface area contributed by atoms with Crippen LogP contribution in [0.1, 0.15) is 17.5 Å². The van der Waals surface area contributed by atoms with E-state index in [0.717, 1.165) is 0 Å². The molecule has 0 saturated heterocycles. The van der Waals surface area contributed by atoms with Crippen molar-refractivity contribution in [2.24, 2.45) is 0 Å². The molecular formula is C12H11FN2O3. The van der Waals surface area contributed by atoms with E-state index < -0.39 is 5.82 Å². The Hall–Kier alpha value is -2.37. The number of carbonyl (C=O) groups is 1. The van der Waals surface area contributed by atoms with Gasteiger partial charge >= 0.3 is 0 Å². The average Bonchev–Trinajstić information content (AvgIpc) is 2.71. The number of aromatic nitrogens is 1. The smallest absolute Gasteiger partial charge is 0.293 e. The highest BCUT2D eigenvalue weighted by molar-refractivity contribution is 5.97. The Balaban J connectivity index is 2.55. The van der Waals surface area contributed by atoms with Crippen molar-refractivity contribution in [3.8, 4) is 17.0 Å².